The summed E-state index contributed by atoms with van der Waals surface area (Å²) in [6, 6.07) is 7.80. The van der Waals surface area contributed by atoms with Gasteiger partial charge in [-0.1, -0.05) is 12.1 Å². The zero-order chi connectivity index (χ0) is 13.8. The van der Waals surface area contributed by atoms with E-state index in [0.29, 0.717) is 13.1 Å². The number of carbonyl (C=O) groups is 1. The Hall–Kier alpha value is -2.13. The molecule has 5 nitrogen and oxygen atoms in total. The normalized spacial score (nSPS) is 15.0. The van der Waals surface area contributed by atoms with Crippen LogP contribution in [-0.2, 0) is 11.3 Å². The number of carbonyl (C=O) groups excluding carboxylic acids is 2. The molecule has 1 heterocycles. The first-order valence-electron chi connectivity index (χ1n) is 6.34. The minimum Gasteiger partial charge on any atom is -0.320 e. The summed E-state index contributed by atoms with van der Waals surface area (Å²) in [5.41, 5.74) is 1.81. The molecule has 19 heavy (non-hydrogen) atoms. The number of amides is 2. The van der Waals surface area contributed by atoms with Crippen LogP contribution in [0.3, 0.4) is 0 Å². The molecule has 0 N–H and O–H groups in total. The highest BCUT2D eigenvalue weighted by molar-refractivity contribution is 5.94. The van der Waals surface area contributed by atoms with Gasteiger partial charge in [0.05, 0.1) is 6.54 Å². The van der Waals surface area contributed by atoms with Crippen molar-refractivity contribution in [2.24, 2.45) is 4.99 Å². The molecule has 1 aliphatic heterocycles. The Kier molecular flexibility index (Phi) is 3.97. The lowest BCUT2D eigenvalue weighted by atomic mass is 10.2. The summed E-state index contributed by atoms with van der Waals surface area (Å²) in [6.45, 7) is 5.83. The summed E-state index contributed by atoms with van der Waals surface area (Å²) in [5, 5.41) is 0. The summed E-state index contributed by atoms with van der Waals surface area (Å²) in [4.78, 5) is 29.4. The Morgan fingerprint density at radius 2 is 1.95 bits per heavy atom. The molecular weight excluding hydrogens is 242 g/mol. The molecule has 0 unspecified atom stereocenters. The summed E-state index contributed by atoms with van der Waals surface area (Å²) in [5.74, 6) is 0. The molecule has 1 aromatic carbocycles. The molecule has 1 saturated heterocycles. The minimum absolute atomic E-state index is 0.0497. The summed E-state index contributed by atoms with van der Waals surface area (Å²) in [6.07, 6.45) is 1.52. The number of isocyanates is 1. The Morgan fingerprint density at radius 1 is 1.26 bits per heavy atom. The van der Waals surface area contributed by atoms with Gasteiger partial charge in [0.15, 0.2) is 0 Å². The lowest BCUT2D eigenvalue weighted by Crippen LogP contribution is -2.36. The van der Waals surface area contributed by atoms with Crippen molar-refractivity contribution in [3.63, 3.8) is 0 Å². The summed E-state index contributed by atoms with van der Waals surface area (Å²) < 4.78 is 0. The number of hydrogen-bond acceptors (Lipinski definition) is 3. The summed E-state index contributed by atoms with van der Waals surface area (Å²) in [7, 11) is 0. The number of benzene rings is 1. The molecule has 1 aromatic rings. The fourth-order valence-corrected chi connectivity index (χ4v) is 2.18. The average Bonchev–Trinajstić information content (AvgIpc) is 2.79. The fraction of sp³-hybridized carbons (Fsp3) is 0.429. The highest BCUT2D eigenvalue weighted by atomic mass is 16.2. The number of anilines is 1. The maximum Gasteiger partial charge on any atom is 0.324 e. The van der Waals surface area contributed by atoms with Crippen molar-refractivity contribution in [2.75, 3.05) is 18.0 Å². The van der Waals surface area contributed by atoms with Gasteiger partial charge in [-0.05, 0) is 31.5 Å². The average molecular weight is 259 g/mol. The predicted molar refractivity (Wildman–Crippen MR) is 72.9 cm³/mol. The molecule has 2 amide bonds. The van der Waals surface area contributed by atoms with Gasteiger partial charge in [0.2, 0.25) is 6.08 Å². The van der Waals surface area contributed by atoms with Crippen molar-refractivity contribution in [3.05, 3.63) is 29.8 Å². The minimum atomic E-state index is 0.0497. The smallest absolute Gasteiger partial charge is 0.320 e. The lowest BCUT2D eigenvalue weighted by molar-refractivity contribution is 0.209. The lowest BCUT2D eigenvalue weighted by Gasteiger charge is -2.21. The van der Waals surface area contributed by atoms with E-state index in [1.165, 1.54) is 6.08 Å². The maximum absolute atomic E-state index is 12.2. The van der Waals surface area contributed by atoms with Crippen molar-refractivity contribution in [1.29, 1.82) is 0 Å². The van der Waals surface area contributed by atoms with E-state index in [-0.39, 0.29) is 12.1 Å². The number of hydrogen-bond donors (Lipinski definition) is 0. The van der Waals surface area contributed by atoms with E-state index in [0.717, 1.165) is 17.8 Å². The Bertz CT molecular complexity index is 504. The van der Waals surface area contributed by atoms with Gasteiger partial charge in [-0.15, -0.1) is 0 Å². The molecule has 0 aromatic heterocycles. The second kappa shape index (κ2) is 5.67. The van der Waals surface area contributed by atoms with Crippen molar-refractivity contribution < 1.29 is 9.59 Å². The van der Waals surface area contributed by atoms with Gasteiger partial charge >= 0.3 is 6.03 Å². The SMILES string of the molecule is CC(C)N1CCN(c2ccc(CN=C=O)cc2)C1=O. The highest BCUT2D eigenvalue weighted by Crippen LogP contribution is 2.22. The van der Waals surface area contributed by atoms with Gasteiger partial charge in [-0.3, -0.25) is 4.90 Å². The molecule has 1 aliphatic rings. The van der Waals surface area contributed by atoms with Crippen molar-refractivity contribution in [2.45, 2.75) is 26.4 Å². The van der Waals surface area contributed by atoms with E-state index in [1.807, 2.05) is 43.0 Å². The monoisotopic (exact) mass is 259 g/mol. The van der Waals surface area contributed by atoms with Gasteiger partial charge in [0.1, 0.15) is 0 Å². The molecule has 1 fully saturated rings. The highest BCUT2D eigenvalue weighted by Gasteiger charge is 2.30. The van der Waals surface area contributed by atoms with E-state index < -0.39 is 0 Å². The van der Waals surface area contributed by atoms with Crippen LogP contribution in [0.1, 0.15) is 19.4 Å². The third-order valence-electron chi connectivity index (χ3n) is 3.24. The topological polar surface area (TPSA) is 53.0 Å². The number of urea groups is 1. The van der Waals surface area contributed by atoms with Gasteiger partial charge < -0.3 is 4.90 Å². The van der Waals surface area contributed by atoms with Gasteiger partial charge in [-0.2, -0.15) is 0 Å². The molecule has 2 rings (SSSR count). The molecular formula is C14H17N3O2. The van der Waals surface area contributed by atoms with Crippen LogP contribution in [0.5, 0.6) is 0 Å². The summed E-state index contributed by atoms with van der Waals surface area (Å²) >= 11 is 0. The molecule has 0 bridgehead atoms. The van der Waals surface area contributed by atoms with Crippen LogP contribution in [-0.4, -0.2) is 36.1 Å². The molecule has 0 radical (unpaired) electrons. The van der Waals surface area contributed by atoms with Crippen LogP contribution in [0.25, 0.3) is 0 Å². The third-order valence-corrected chi connectivity index (χ3v) is 3.24. The van der Waals surface area contributed by atoms with Crippen LogP contribution in [0.2, 0.25) is 0 Å². The largest absolute Gasteiger partial charge is 0.324 e. The second-order valence-corrected chi connectivity index (χ2v) is 4.80. The van der Waals surface area contributed by atoms with Crippen molar-refractivity contribution in [3.8, 4) is 0 Å². The molecule has 0 aliphatic carbocycles. The van der Waals surface area contributed by atoms with E-state index in [2.05, 4.69) is 4.99 Å². The van der Waals surface area contributed by atoms with E-state index in [4.69, 9.17) is 0 Å². The molecule has 0 saturated carbocycles. The molecule has 5 heteroatoms. The van der Waals surface area contributed by atoms with E-state index >= 15 is 0 Å². The quantitative estimate of drug-likeness (QED) is 0.614. The zero-order valence-corrected chi connectivity index (χ0v) is 11.2. The Morgan fingerprint density at radius 3 is 2.47 bits per heavy atom. The number of nitrogens with zero attached hydrogens (tertiary/aromatic N) is 3. The standard InChI is InChI=1S/C14H17N3O2/c1-11(2)16-7-8-17(14(16)19)13-5-3-12(4-6-13)9-15-10-18/h3-6,11H,7-9H2,1-2H3. The van der Waals surface area contributed by atoms with E-state index in [9.17, 15) is 9.59 Å². The molecule has 0 atom stereocenters. The third kappa shape index (κ3) is 2.83. The molecule has 100 valence electrons. The Labute approximate surface area is 112 Å². The van der Waals surface area contributed by atoms with Gasteiger partial charge in [0, 0.05) is 24.8 Å². The van der Waals surface area contributed by atoms with Gasteiger partial charge in [-0.25, -0.2) is 14.6 Å². The number of rotatable bonds is 4. The Balaban J connectivity index is 2.11. The first kappa shape index (κ1) is 13.3. The van der Waals surface area contributed by atoms with Crippen LogP contribution >= 0.6 is 0 Å². The predicted octanol–water partition coefficient (Wildman–Crippen LogP) is 2.17. The first-order valence-corrected chi connectivity index (χ1v) is 6.34. The molecule has 0 spiro atoms. The second-order valence-electron chi connectivity index (χ2n) is 4.80. The van der Waals surface area contributed by atoms with Crippen molar-refractivity contribution in [1.82, 2.24) is 4.90 Å². The zero-order valence-electron chi connectivity index (χ0n) is 11.2. The number of aliphatic imine (C=N–C) groups is 1. The maximum atomic E-state index is 12.2. The van der Waals surface area contributed by atoms with E-state index in [1.54, 1.807) is 4.90 Å². The van der Waals surface area contributed by atoms with Gasteiger partial charge in [0.25, 0.3) is 0 Å². The van der Waals surface area contributed by atoms with Crippen LogP contribution < -0.4 is 4.90 Å². The first-order chi connectivity index (χ1) is 9.13. The van der Waals surface area contributed by atoms with Crippen LogP contribution in [0, 0.1) is 0 Å². The van der Waals surface area contributed by atoms with Crippen molar-refractivity contribution >= 4 is 17.8 Å². The van der Waals surface area contributed by atoms with Crippen LogP contribution in [0.15, 0.2) is 29.3 Å². The fourth-order valence-electron chi connectivity index (χ4n) is 2.18. The van der Waals surface area contributed by atoms with Crippen LogP contribution in [0.4, 0.5) is 10.5 Å².